The number of nitrogens with zero attached hydrogens (tertiary/aromatic N) is 4. The van der Waals surface area contributed by atoms with Crippen molar-refractivity contribution in [1.82, 2.24) is 19.4 Å². The van der Waals surface area contributed by atoms with E-state index in [2.05, 4.69) is 11.6 Å². The highest BCUT2D eigenvalue weighted by Gasteiger charge is 2.37. The molecule has 1 aromatic heterocycles. The summed E-state index contributed by atoms with van der Waals surface area (Å²) < 4.78 is 42.5. The van der Waals surface area contributed by atoms with Crippen LogP contribution in [0.15, 0.2) is 85.4 Å². The highest BCUT2D eigenvalue weighted by molar-refractivity contribution is 5.82. The molecule has 0 bridgehead atoms. The van der Waals surface area contributed by atoms with Gasteiger partial charge in [-0.05, 0) is 61.1 Å². The van der Waals surface area contributed by atoms with Gasteiger partial charge in [-0.1, -0.05) is 36.9 Å². The summed E-state index contributed by atoms with van der Waals surface area (Å²) in [6.45, 7) is 6.00. The number of carbonyl (C=O) groups excluding carboxylic acids is 1. The summed E-state index contributed by atoms with van der Waals surface area (Å²) in [5, 5.41) is 0. The maximum atomic E-state index is 13.5. The Morgan fingerprint density at radius 3 is 2.55 bits per heavy atom. The van der Waals surface area contributed by atoms with Gasteiger partial charge in [0.25, 0.3) is 0 Å². The summed E-state index contributed by atoms with van der Waals surface area (Å²) in [6, 6.07) is 11.4. The summed E-state index contributed by atoms with van der Waals surface area (Å²) in [7, 11) is 0. The fourth-order valence-electron chi connectivity index (χ4n) is 5.56. The average Bonchev–Trinajstić information content (AvgIpc) is 3.59. The number of imidazole rings is 1. The fourth-order valence-corrected chi connectivity index (χ4v) is 5.56. The first-order valence-corrected chi connectivity index (χ1v) is 13.4. The minimum Gasteiger partial charge on any atom is -0.403 e. The predicted molar refractivity (Wildman–Crippen MR) is 149 cm³/mol. The number of likely N-dealkylation sites (tertiary alicyclic amines) is 1. The molecule has 3 heterocycles. The Balaban J connectivity index is 1.34. The molecule has 1 aliphatic carbocycles. The first kappa shape index (κ1) is 26.0. The molecular weight excluding hydrogens is 515 g/mol. The molecule has 6 nitrogen and oxygen atoms in total. The van der Waals surface area contributed by atoms with E-state index in [9.17, 15) is 18.0 Å². The second kappa shape index (κ2) is 10.0. The van der Waals surface area contributed by atoms with Crippen LogP contribution in [0.25, 0.3) is 28.1 Å². The maximum Gasteiger partial charge on any atom is 0.416 e. The minimum atomic E-state index is -4.46. The summed E-state index contributed by atoms with van der Waals surface area (Å²) in [4.78, 5) is 21.1. The summed E-state index contributed by atoms with van der Waals surface area (Å²) in [5.74, 6) is 1.19. The van der Waals surface area contributed by atoms with Gasteiger partial charge >= 0.3 is 6.18 Å². The smallest absolute Gasteiger partial charge is 0.403 e. The lowest BCUT2D eigenvalue weighted by atomic mass is 10.1. The zero-order chi connectivity index (χ0) is 28.0. The van der Waals surface area contributed by atoms with Crippen molar-refractivity contribution in [3.63, 3.8) is 0 Å². The van der Waals surface area contributed by atoms with E-state index in [4.69, 9.17) is 5.73 Å². The normalized spacial score (nSPS) is 19.7. The van der Waals surface area contributed by atoms with Crippen LogP contribution >= 0.6 is 0 Å². The van der Waals surface area contributed by atoms with Crippen LogP contribution in [-0.4, -0.2) is 38.3 Å². The molecule has 1 amide bonds. The molecule has 3 aliphatic rings. The van der Waals surface area contributed by atoms with Crippen molar-refractivity contribution in [3.8, 4) is 11.4 Å². The largest absolute Gasteiger partial charge is 0.416 e. The van der Waals surface area contributed by atoms with Gasteiger partial charge in [0.1, 0.15) is 5.82 Å². The van der Waals surface area contributed by atoms with Gasteiger partial charge < -0.3 is 20.1 Å². The number of benzene rings is 2. The number of carbonyl (C=O) groups is 1. The van der Waals surface area contributed by atoms with E-state index in [1.165, 1.54) is 12.3 Å². The maximum absolute atomic E-state index is 13.5. The van der Waals surface area contributed by atoms with Crippen molar-refractivity contribution in [2.75, 3.05) is 13.1 Å². The molecule has 9 heteroatoms. The van der Waals surface area contributed by atoms with Crippen molar-refractivity contribution in [1.29, 1.82) is 0 Å². The molecule has 0 spiro atoms. The standard InChI is InChI=1S/C31H30F3N5O/c1-20-4-2-3-14-38(20)28(17-35)22-5-7-23(8-6-22)29-36-26-16-25(31(32,33)34)11-12-27(26)39(29)19-21-13-15-37(18-21)30(40)24-9-10-24/h2-8,11-12,14,16-17,21,24H,1,9-10,13,15,18-19,35H2/b28-17-/t21-/m1/s1. The first-order valence-electron chi connectivity index (χ1n) is 13.4. The number of rotatable bonds is 6. The molecule has 2 aromatic carbocycles. The molecule has 0 unspecified atom stereocenters. The van der Waals surface area contributed by atoms with Crippen LogP contribution in [0.3, 0.4) is 0 Å². The summed E-state index contributed by atoms with van der Waals surface area (Å²) in [6.07, 6.45) is 7.41. The highest BCUT2D eigenvalue weighted by Crippen LogP contribution is 2.36. The summed E-state index contributed by atoms with van der Waals surface area (Å²) >= 11 is 0. The highest BCUT2D eigenvalue weighted by atomic mass is 19.4. The van der Waals surface area contributed by atoms with Crippen LogP contribution in [0.1, 0.15) is 30.4 Å². The lowest BCUT2D eigenvalue weighted by Gasteiger charge is -2.25. The number of amides is 1. The lowest BCUT2D eigenvalue weighted by Crippen LogP contribution is -2.30. The SMILES string of the molecule is C=C1C=CC=CN1/C(=C\N)c1ccc(-c2nc3cc(C(F)(F)F)ccc3n2C[C@@H]2CCN(C(=O)C3CC3)C2)cc1. The van der Waals surface area contributed by atoms with Gasteiger partial charge in [-0.3, -0.25) is 4.79 Å². The van der Waals surface area contributed by atoms with Crippen LogP contribution in [-0.2, 0) is 17.5 Å². The molecular formula is C31H30F3N5O. The zero-order valence-corrected chi connectivity index (χ0v) is 21.9. The van der Waals surface area contributed by atoms with Gasteiger partial charge in [-0.25, -0.2) is 4.98 Å². The van der Waals surface area contributed by atoms with Crippen molar-refractivity contribution < 1.29 is 18.0 Å². The van der Waals surface area contributed by atoms with Crippen molar-refractivity contribution in [2.45, 2.75) is 32.0 Å². The lowest BCUT2D eigenvalue weighted by molar-refractivity contribution is -0.137. The van der Waals surface area contributed by atoms with Crippen LogP contribution < -0.4 is 5.73 Å². The number of aromatic nitrogens is 2. The van der Waals surface area contributed by atoms with E-state index in [1.807, 2.05) is 63.1 Å². The number of alkyl halides is 3. The number of nitrogens with two attached hydrogens (primary N) is 1. The zero-order valence-electron chi connectivity index (χ0n) is 21.9. The monoisotopic (exact) mass is 545 g/mol. The number of hydrogen-bond acceptors (Lipinski definition) is 4. The Bertz CT molecular complexity index is 1560. The van der Waals surface area contributed by atoms with Gasteiger partial charge in [0.05, 0.1) is 22.3 Å². The van der Waals surface area contributed by atoms with E-state index in [1.54, 1.807) is 0 Å². The predicted octanol–water partition coefficient (Wildman–Crippen LogP) is 6.14. The Kier molecular flexibility index (Phi) is 6.52. The van der Waals surface area contributed by atoms with Crippen molar-refractivity contribution in [2.24, 2.45) is 17.6 Å². The van der Waals surface area contributed by atoms with E-state index >= 15 is 0 Å². The fraction of sp³-hybridized carbons (Fsp3) is 0.290. The molecule has 40 heavy (non-hydrogen) atoms. The molecule has 1 saturated carbocycles. The third-order valence-electron chi connectivity index (χ3n) is 7.84. The van der Waals surface area contributed by atoms with E-state index < -0.39 is 11.7 Å². The van der Waals surface area contributed by atoms with Gasteiger partial charge in [0.2, 0.25) is 5.91 Å². The third-order valence-corrected chi connectivity index (χ3v) is 7.84. The van der Waals surface area contributed by atoms with E-state index in [0.29, 0.717) is 36.5 Å². The second-order valence-corrected chi connectivity index (χ2v) is 10.7. The molecule has 1 saturated heterocycles. The van der Waals surface area contributed by atoms with Gasteiger partial charge in [-0.15, -0.1) is 0 Å². The van der Waals surface area contributed by atoms with Crippen LogP contribution in [0, 0.1) is 11.8 Å². The van der Waals surface area contributed by atoms with E-state index in [0.717, 1.165) is 53.9 Å². The Labute approximate surface area is 230 Å². The minimum absolute atomic E-state index is 0.170. The van der Waals surface area contributed by atoms with Crippen LogP contribution in [0.5, 0.6) is 0 Å². The van der Waals surface area contributed by atoms with Crippen molar-refractivity contribution in [3.05, 3.63) is 96.5 Å². The van der Waals surface area contributed by atoms with Gasteiger partial charge in [-0.2, -0.15) is 13.2 Å². The third kappa shape index (κ3) is 4.92. The number of fused-ring (bicyclic) bond motifs is 1. The van der Waals surface area contributed by atoms with Crippen molar-refractivity contribution >= 4 is 22.6 Å². The summed E-state index contributed by atoms with van der Waals surface area (Å²) in [5.41, 5.74) is 9.36. The molecule has 1 atom stereocenters. The number of allylic oxidation sites excluding steroid dienone is 3. The Morgan fingerprint density at radius 1 is 1.10 bits per heavy atom. The molecule has 3 aromatic rings. The van der Waals surface area contributed by atoms with Crippen LogP contribution in [0.2, 0.25) is 0 Å². The number of halogens is 3. The van der Waals surface area contributed by atoms with Gasteiger partial charge in [0, 0.05) is 49.2 Å². The quantitative estimate of drug-likeness (QED) is 0.404. The van der Waals surface area contributed by atoms with Gasteiger partial charge in [0.15, 0.2) is 0 Å². The molecule has 6 rings (SSSR count). The molecule has 0 radical (unpaired) electrons. The molecule has 2 N–H and O–H groups in total. The van der Waals surface area contributed by atoms with E-state index in [-0.39, 0.29) is 17.7 Å². The second-order valence-electron chi connectivity index (χ2n) is 10.7. The average molecular weight is 546 g/mol. The Morgan fingerprint density at radius 2 is 1.88 bits per heavy atom. The molecule has 2 aliphatic heterocycles. The number of hydrogen-bond donors (Lipinski definition) is 1. The molecule has 206 valence electrons. The first-order chi connectivity index (χ1) is 19.2. The molecule has 2 fully saturated rings. The Hall–Kier alpha value is -4.27. The van der Waals surface area contributed by atoms with Crippen LogP contribution in [0.4, 0.5) is 13.2 Å². The topological polar surface area (TPSA) is 67.4 Å².